The molecule has 152 valence electrons. The van der Waals surface area contributed by atoms with Crippen LogP contribution in [0, 0.1) is 17.5 Å². The summed E-state index contributed by atoms with van der Waals surface area (Å²) in [6, 6.07) is 4.48. The number of amides is 1. The van der Waals surface area contributed by atoms with Crippen LogP contribution in [0.1, 0.15) is 26.3 Å². The fourth-order valence-corrected chi connectivity index (χ4v) is 2.63. The predicted octanol–water partition coefficient (Wildman–Crippen LogP) is 5.80. The second-order valence-corrected chi connectivity index (χ2v) is 7.57. The first-order valence-corrected chi connectivity index (χ1v) is 8.94. The molecule has 0 aromatic heterocycles. The molecule has 2 aromatic rings. The molecule has 0 unspecified atom stereocenters. The van der Waals surface area contributed by atoms with Gasteiger partial charge < -0.3 is 14.2 Å². The third-order valence-corrected chi connectivity index (χ3v) is 4.02. The molecule has 2 rings (SSSR count). The molecule has 0 bridgehead atoms. The van der Waals surface area contributed by atoms with Gasteiger partial charge in [-0.05, 0) is 54.9 Å². The van der Waals surface area contributed by atoms with Crippen molar-refractivity contribution < 1.29 is 32.2 Å². The van der Waals surface area contributed by atoms with Gasteiger partial charge in [-0.1, -0.05) is 0 Å². The van der Waals surface area contributed by atoms with E-state index in [0.29, 0.717) is 0 Å². The van der Waals surface area contributed by atoms with Gasteiger partial charge >= 0.3 is 6.09 Å². The maximum Gasteiger partial charge on any atom is 0.412 e. The van der Waals surface area contributed by atoms with Crippen molar-refractivity contribution in [3.05, 3.63) is 51.8 Å². The zero-order valence-electron chi connectivity index (χ0n) is 15.7. The van der Waals surface area contributed by atoms with Crippen molar-refractivity contribution in [2.24, 2.45) is 0 Å². The van der Waals surface area contributed by atoms with Crippen LogP contribution in [0.4, 0.5) is 23.7 Å². The second kappa shape index (κ2) is 8.72. The SMILES string of the molecule is COc1ccc(F)c(F)c1COc1cc(NC(=O)OC(C)(C)C)c(F)cc1Br. The van der Waals surface area contributed by atoms with E-state index in [1.165, 1.54) is 19.2 Å². The van der Waals surface area contributed by atoms with E-state index in [9.17, 15) is 18.0 Å². The highest BCUT2D eigenvalue weighted by Gasteiger charge is 2.20. The summed E-state index contributed by atoms with van der Waals surface area (Å²) in [5, 5.41) is 2.28. The summed E-state index contributed by atoms with van der Waals surface area (Å²) >= 11 is 3.13. The zero-order valence-corrected chi connectivity index (χ0v) is 17.2. The van der Waals surface area contributed by atoms with Gasteiger partial charge in [-0.2, -0.15) is 0 Å². The lowest BCUT2D eigenvalue weighted by molar-refractivity contribution is 0.0635. The monoisotopic (exact) mass is 461 g/mol. The van der Waals surface area contributed by atoms with Crippen molar-refractivity contribution in [3.8, 4) is 11.5 Å². The Morgan fingerprint density at radius 1 is 1.11 bits per heavy atom. The van der Waals surface area contributed by atoms with E-state index in [1.807, 2.05) is 0 Å². The van der Waals surface area contributed by atoms with E-state index in [-0.39, 0.29) is 33.8 Å². The van der Waals surface area contributed by atoms with Crippen molar-refractivity contribution in [1.82, 2.24) is 0 Å². The Labute approximate surface area is 168 Å². The quantitative estimate of drug-likeness (QED) is 0.610. The largest absolute Gasteiger partial charge is 0.496 e. The van der Waals surface area contributed by atoms with Gasteiger partial charge in [0.05, 0.1) is 22.8 Å². The minimum atomic E-state index is -1.11. The molecule has 0 fully saturated rings. The summed E-state index contributed by atoms with van der Waals surface area (Å²) in [5.74, 6) is -2.70. The summed E-state index contributed by atoms with van der Waals surface area (Å²) in [5.41, 5.74) is -1.10. The van der Waals surface area contributed by atoms with E-state index in [1.54, 1.807) is 20.8 Å². The number of ether oxygens (including phenoxy) is 3. The number of rotatable bonds is 5. The number of hydrogen-bond donors (Lipinski definition) is 1. The van der Waals surface area contributed by atoms with Crippen LogP contribution >= 0.6 is 15.9 Å². The van der Waals surface area contributed by atoms with Gasteiger partial charge in [-0.15, -0.1) is 0 Å². The summed E-state index contributed by atoms with van der Waals surface area (Å²) in [6.45, 7) is 4.61. The molecule has 0 saturated carbocycles. The lowest BCUT2D eigenvalue weighted by Crippen LogP contribution is -2.27. The molecule has 0 spiro atoms. The number of halogens is 4. The van der Waals surface area contributed by atoms with Crippen molar-refractivity contribution >= 4 is 27.7 Å². The van der Waals surface area contributed by atoms with Gasteiger partial charge in [0.15, 0.2) is 11.6 Å². The normalized spacial score (nSPS) is 11.1. The predicted molar refractivity (Wildman–Crippen MR) is 101 cm³/mol. The van der Waals surface area contributed by atoms with E-state index >= 15 is 0 Å². The van der Waals surface area contributed by atoms with Crippen LogP contribution in [0.15, 0.2) is 28.7 Å². The smallest absolute Gasteiger partial charge is 0.412 e. The first-order chi connectivity index (χ1) is 13.0. The standard InChI is InChI=1S/C19H19BrF3NO4/c1-19(2,3)28-18(25)24-14-8-16(11(20)7-13(14)22)27-9-10-15(26-4)6-5-12(21)17(10)23/h5-8H,9H2,1-4H3,(H,24,25). The third kappa shape index (κ3) is 5.54. The lowest BCUT2D eigenvalue weighted by Gasteiger charge is -2.20. The molecular weight excluding hydrogens is 443 g/mol. The fourth-order valence-electron chi connectivity index (χ4n) is 2.20. The van der Waals surface area contributed by atoms with Crippen LogP contribution in [0.2, 0.25) is 0 Å². The maximum absolute atomic E-state index is 14.1. The minimum Gasteiger partial charge on any atom is -0.496 e. The summed E-state index contributed by atoms with van der Waals surface area (Å²) < 4.78 is 57.5. The van der Waals surface area contributed by atoms with E-state index in [0.717, 1.165) is 12.1 Å². The van der Waals surface area contributed by atoms with Crippen LogP contribution in [-0.4, -0.2) is 18.8 Å². The van der Waals surface area contributed by atoms with Crippen molar-refractivity contribution in [2.45, 2.75) is 33.0 Å². The highest BCUT2D eigenvalue weighted by atomic mass is 79.9. The lowest BCUT2D eigenvalue weighted by atomic mass is 10.2. The van der Waals surface area contributed by atoms with Crippen LogP contribution in [0.5, 0.6) is 11.5 Å². The fraction of sp³-hybridized carbons (Fsp3) is 0.316. The topological polar surface area (TPSA) is 56.8 Å². The number of carbonyl (C=O) groups excluding carboxylic acids is 1. The summed E-state index contributed by atoms with van der Waals surface area (Å²) in [6.07, 6.45) is -0.850. The Balaban J connectivity index is 2.23. The Morgan fingerprint density at radius 3 is 2.39 bits per heavy atom. The Hall–Kier alpha value is -2.42. The molecule has 0 aliphatic rings. The average molecular weight is 462 g/mol. The highest BCUT2D eigenvalue weighted by molar-refractivity contribution is 9.10. The summed E-state index contributed by atoms with van der Waals surface area (Å²) in [4.78, 5) is 11.9. The van der Waals surface area contributed by atoms with E-state index in [4.69, 9.17) is 14.2 Å². The van der Waals surface area contributed by atoms with Gasteiger partial charge in [0, 0.05) is 6.07 Å². The Morgan fingerprint density at radius 2 is 1.79 bits per heavy atom. The summed E-state index contributed by atoms with van der Waals surface area (Å²) in [7, 11) is 1.31. The molecule has 0 atom stereocenters. The second-order valence-electron chi connectivity index (χ2n) is 6.72. The molecule has 1 N–H and O–H groups in total. The molecule has 0 saturated heterocycles. The first kappa shape index (κ1) is 21.9. The molecule has 0 heterocycles. The number of hydrogen-bond acceptors (Lipinski definition) is 4. The van der Waals surface area contributed by atoms with Gasteiger partial charge in [-0.25, -0.2) is 18.0 Å². The maximum atomic E-state index is 14.1. The van der Waals surface area contributed by atoms with Crippen molar-refractivity contribution in [3.63, 3.8) is 0 Å². The zero-order chi connectivity index (χ0) is 21.1. The third-order valence-electron chi connectivity index (χ3n) is 3.40. The number of nitrogens with one attached hydrogen (secondary N) is 1. The molecule has 28 heavy (non-hydrogen) atoms. The number of anilines is 1. The van der Waals surface area contributed by atoms with E-state index in [2.05, 4.69) is 21.2 Å². The Bertz CT molecular complexity index is 884. The first-order valence-electron chi connectivity index (χ1n) is 8.14. The van der Waals surface area contributed by atoms with Crippen LogP contribution in [0.3, 0.4) is 0 Å². The van der Waals surface area contributed by atoms with Gasteiger partial charge in [0.1, 0.15) is 29.5 Å². The van der Waals surface area contributed by atoms with Gasteiger partial charge in [0.2, 0.25) is 0 Å². The number of carbonyl (C=O) groups is 1. The molecule has 0 aliphatic carbocycles. The molecular formula is C19H19BrF3NO4. The number of methoxy groups -OCH3 is 1. The molecule has 0 radical (unpaired) electrons. The van der Waals surface area contributed by atoms with Crippen molar-refractivity contribution in [1.29, 1.82) is 0 Å². The molecule has 5 nitrogen and oxygen atoms in total. The van der Waals surface area contributed by atoms with Crippen LogP contribution in [-0.2, 0) is 11.3 Å². The van der Waals surface area contributed by atoms with E-state index < -0.39 is 29.1 Å². The molecule has 0 aliphatic heterocycles. The highest BCUT2D eigenvalue weighted by Crippen LogP contribution is 2.33. The van der Waals surface area contributed by atoms with Gasteiger partial charge in [-0.3, -0.25) is 5.32 Å². The van der Waals surface area contributed by atoms with Crippen LogP contribution in [0.25, 0.3) is 0 Å². The Kier molecular flexibility index (Phi) is 6.82. The molecule has 2 aromatic carbocycles. The average Bonchev–Trinajstić information content (AvgIpc) is 2.58. The number of benzene rings is 2. The molecule has 9 heteroatoms. The van der Waals surface area contributed by atoms with Crippen molar-refractivity contribution in [2.75, 3.05) is 12.4 Å². The van der Waals surface area contributed by atoms with Crippen LogP contribution < -0.4 is 14.8 Å². The van der Waals surface area contributed by atoms with Gasteiger partial charge in [0.25, 0.3) is 0 Å². The molecule has 1 amide bonds. The minimum absolute atomic E-state index is 0.0955.